The molecule has 1 aliphatic rings. The van der Waals surface area contributed by atoms with Gasteiger partial charge in [-0.3, -0.25) is 14.9 Å². The number of carbonyl (C=O) groups excluding carboxylic acids is 1. The van der Waals surface area contributed by atoms with E-state index >= 15 is 0 Å². The predicted octanol–water partition coefficient (Wildman–Crippen LogP) is 0.429. The van der Waals surface area contributed by atoms with Gasteiger partial charge in [-0.25, -0.2) is 0 Å². The van der Waals surface area contributed by atoms with Crippen molar-refractivity contribution < 1.29 is 14.8 Å². The van der Waals surface area contributed by atoms with Gasteiger partial charge >= 0.3 is 0 Å². The summed E-state index contributed by atoms with van der Waals surface area (Å²) in [7, 11) is 0. The van der Waals surface area contributed by atoms with Crippen molar-refractivity contribution in [3.05, 3.63) is 33.5 Å². The van der Waals surface area contributed by atoms with Crippen LogP contribution in [0.4, 0.5) is 0 Å². The van der Waals surface area contributed by atoms with Crippen LogP contribution in [0.5, 0.6) is 0 Å². The third kappa shape index (κ3) is 2.22. The molecule has 5 nitrogen and oxygen atoms in total. The molecule has 0 amide bonds. The van der Waals surface area contributed by atoms with Crippen LogP contribution in [-0.2, 0) is 4.79 Å². The van der Waals surface area contributed by atoms with Crippen LogP contribution in [0.15, 0.2) is 23.4 Å². The van der Waals surface area contributed by atoms with Crippen molar-refractivity contribution in [3.63, 3.8) is 0 Å². The number of carbonyl (C=O) groups is 1. The zero-order chi connectivity index (χ0) is 9.84. The molecule has 1 aliphatic carbocycles. The molecule has 1 rings (SSSR count). The van der Waals surface area contributed by atoms with E-state index < -0.39 is 4.92 Å². The fraction of sp³-hybridized carbons (Fsp3) is 0.375. The fourth-order valence-corrected chi connectivity index (χ4v) is 1.11. The number of rotatable bonds is 3. The summed E-state index contributed by atoms with van der Waals surface area (Å²) in [4.78, 5) is 20.9. The number of allylic oxidation sites excluding steroid dienone is 2. The third-order valence-electron chi connectivity index (χ3n) is 1.77. The molecule has 0 aromatic rings. The molecule has 0 aliphatic heterocycles. The van der Waals surface area contributed by atoms with Crippen LogP contribution in [0.25, 0.3) is 0 Å². The van der Waals surface area contributed by atoms with Gasteiger partial charge in [0.15, 0.2) is 5.78 Å². The molecular weight excluding hydrogens is 174 g/mol. The first-order chi connectivity index (χ1) is 6.15. The minimum Gasteiger partial charge on any atom is -0.396 e. The van der Waals surface area contributed by atoms with Crippen LogP contribution >= 0.6 is 0 Å². The van der Waals surface area contributed by atoms with Gasteiger partial charge in [0, 0.05) is 30.8 Å². The van der Waals surface area contributed by atoms with Crippen molar-refractivity contribution in [1.29, 1.82) is 0 Å². The highest BCUT2D eigenvalue weighted by molar-refractivity contribution is 5.97. The fourth-order valence-electron chi connectivity index (χ4n) is 1.11. The van der Waals surface area contributed by atoms with E-state index in [9.17, 15) is 14.9 Å². The predicted molar refractivity (Wildman–Crippen MR) is 44.5 cm³/mol. The van der Waals surface area contributed by atoms with Gasteiger partial charge in [-0.2, -0.15) is 0 Å². The van der Waals surface area contributed by atoms with Crippen molar-refractivity contribution in [1.82, 2.24) is 0 Å². The molecule has 0 radical (unpaired) electrons. The topological polar surface area (TPSA) is 80.4 Å². The summed E-state index contributed by atoms with van der Waals surface area (Å²) in [6.45, 7) is -0.164. The molecule has 0 saturated heterocycles. The summed E-state index contributed by atoms with van der Waals surface area (Å²) in [5, 5.41) is 18.9. The summed E-state index contributed by atoms with van der Waals surface area (Å²) >= 11 is 0. The van der Waals surface area contributed by atoms with Gasteiger partial charge in [0.25, 0.3) is 5.70 Å². The molecule has 0 unspecified atom stereocenters. The Labute approximate surface area is 74.5 Å². The smallest absolute Gasteiger partial charge is 0.266 e. The van der Waals surface area contributed by atoms with E-state index in [1.165, 1.54) is 12.2 Å². The standard InChI is InChI=1S/C8H9NO4/c10-4-3-6-5-7(9(12)13)1-2-8(6)11/h1,5,10H,2-4H2. The van der Waals surface area contributed by atoms with E-state index in [0.29, 0.717) is 5.57 Å². The molecular formula is C8H9NO4. The molecule has 0 aromatic carbocycles. The largest absolute Gasteiger partial charge is 0.396 e. The summed E-state index contributed by atoms with van der Waals surface area (Å²) in [6.07, 6.45) is 2.75. The maximum absolute atomic E-state index is 11.1. The molecule has 0 saturated carbocycles. The number of ketones is 1. The van der Waals surface area contributed by atoms with Crippen LogP contribution in [0.1, 0.15) is 12.8 Å². The normalized spacial score (nSPS) is 16.5. The number of aliphatic hydroxyl groups excluding tert-OH is 1. The van der Waals surface area contributed by atoms with Gasteiger partial charge in [-0.05, 0) is 6.42 Å². The van der Waals surface area contributed by atoms with Crippen molar-refractivity contribution in [2.45, 2.75) is 12.8 Å². The van der Waals surface area contributed by atoms with Crippen LogP contribution in [0, 0.1) is 10.1 Å². The Balaban J connectivity index is 2.85. The lowest BCUT2D eigenvalue weighted by Gasteiger charge is -2.06. The lowest BCUT2D eigenvalue weighted by Crippen LogP contribution is -2.11. The van der Waals surface area contributed by atoms with Crippen molar-refractivity contribution in [2.24, 2.45) is 0 Å². The Morgan fingerprint density at radius 2 is 2.31 bits per heavy atom. The van der Waals surface area contributed by atoms with Crippen molar-refractivity contribution in [3.8, 4) is 0 Å². The number of hydrogen-bond acceptors (Lipinski definition) is 4. The second-order valence-corrected chi connectivity index (χ2v) is 2.66. The van der Waals surface area contributed by atoms with E-state index in [1.807, 2.05) is 0 Å². The van der Waals surface area contributed by atoms with Gasteiger partial charge in [-0.15, -0.1) is 0 Å². The maximum Gasteiger partial charge on any atom is 0.266 e. The zero-order valence-electron chi connectivity index (χ0n) is 6.90. The quantitative estimate of drug-likeness (QED) is 0.508. The molecule has 0 spiro atoms. The van der Waals surface area contributed by atoms with Crippen LogP contribution < -0.4 is 0 Å². The van der Waals surface area contributed by atoms with E-state index in [-0.39, 0.29) is 30.9 Å². The zero-order valence-corrected chi connectivity index (χ0v) is 6.90. The first kappa shape index (κ1) is 9.60. The lowest BCUT2D eigenvalue weighted by atomic mass is 9.99. The highest BCUT2D eigenvalue weighted by Crippen LogP contribution is 2.16. The number of hydrogen-bond donors (Lipinski definition) is 1. The molecule has 0 aromatic heterocycles. The maximum atomic E-state index is 11.1. The molecule has 0 heterocycles. The Hall–Kier alpha value is -1.49. The molecule has 13 heavy (non-hydrogen) atoms. The summed E-state index contributed by atoms with van der Waals surface area (Å²) in [5.74, 6) is -0.153. The lowest BCUT2D eigenvalue weighted by molar-refractivity contribution is -0.419. The minimum atomic E-state index is -0.538. The van der Waals surface area contributed by atoms with Gasteiger partial charge in [-0.1, -0.05) is 0 Å². The van der Waals surface area contributed by atoms with Gasteiger partial charge < -0.3 is 5.11 Å². The monoisotopic (exact) mass is 183 g/mol. The number of nitro groups is 1. The number of aliphatic hydroxyl groups is 1. The Kier molecular flexibility index (Phi) is 2.92. The van der Waals surface area contributed by atoms with Crippen LogP contribution in [-0.4, -0.2) is 22.4 Å². The number of nitrogens with zero attached hydrogens (tertiary/aromatic N) is 1. The summed E-state index contributed by atoms with van der Waals surface area (Å²) in [5.41, 5.74) is 0.264. The molecule has 0 atom stereocenters. The Morgan fingerprint density at radius 3 is 2.85 bits per heavy atom. The minimum absolute atomic E-state index is 0.0577. The van der Waals surface area contributed by atoms with E-state index in [0.717, 1.165) is 0 Å². The average molecular weight is 183 g/mol. The van der Waals surface area contributed by atoms with Gasteiger partial charge in [0.2, 0.25) is 0 Å². The third-order valence-corrected chi connectivity index (χ3v) is 1.77. The first-order valence-electron chi connectivity index (χ1n) is 3.84. The second-order valence-electron chi connectivity index (χ2n) is 2.66. The molecule has 0 bridgehead atoms. The van der Waals surface area contributed by atoms with Crippen LogP contribution in [0.3, 0.4) is 0 Å². The van der Waals surface area contributed by atoms with Crippen molar-refractivity contribution >= 4 is 5.78 Å². The van der Waals surface area contributed by atoms with Gasteiger partial charge in [0.05, 0.1) is 4.92 Å². The van der Waals surface area contributed by atoms with Crippen LogP contribution in [0.2, 0.25) is 0 Å². The Morgan fingerprint density at radius 1 is 1.62 bits per heavy atom. The van der Waals surface area contributed by atoms with Crippen molar-refractivity contribution in [2.75, 3.05) is 6.61 Å². The highest BCUT2D eigenvalue weighted by atomic mass is 16.6. The molecule has 0 fully saturated rings. The van der Waals surface area contributed by atoms with E-state index in [2.05, 4.69) is 0 Å². The Bertz CT molecular complexity index is 303. The van der Waals surface area contributed by atoms with Gasteiger partial charge in [0.1, 0.15) is 0 Å². The summed E-state index contributed by atoms with van der Waals surface area (Å²) < 4.78 is 0. The average Bonchev–Trinajstić information content (AvgIpc) is 2.08. The highest BCUT2D eigenvalue weighted by Gasteiger charge is 2.19. The van der Waals surface area contributed by atoms with E-state index in [4.69, 9.17) is 5.11 Å². The molecule has 1 N–H and O–H groups in total. The second kappa shape index (κ2) is 3.95. The molecule has 70 valence electrons. The molecule has 5 heteroatoms. The summed E-state index contributed by atoms with van der Waals surface area (Å²) in [6, 6.07) is 0. The first-order valence-corrected chi connectivity index (χ1v) is 3.84. The SMILES string of the molecule is O=C1CC=C([N+](=O)[O-])C=C1CCO. The van der Waals surface area contributed by atoms with E-state index in [1.54, 1.807) is 0 Å². The number of Topliss-reactive ketones (excluding diaryl/α,β-unsaturated/α-hetero) is 1.